The van der Waals surface area contributed by atoms with Crippen molar-refractivity contribution in [3.63, 3.8) is 0 Å². The number of nitrogens with zero attached hydrogens (tertiary/aromatic N) is 2. The molecule has 1 rings (SSSR count). The van der Waals surface area contributed by atoms with Gasteiger partial charge < -0.3 is 9.80 Å². The maximum absolute atomic E-state index is 11.5. The molecule has 0 amide bonds. The Hall–Kier alpha value is -2.55. The zero-order valence-electron chi connectivity index (χ0n) is 13.1. The molecule has 0 radical (unpaired) electrons. The van der Waals surface area contributed by atoms with Gasteiger partial charge in [0.05, 0.1) is 11.4 Å². The molecule has 22 heavy (non-hydrogen) atoms. The third-order valence-corrected chi connectivity index (χ3v) is 3.23. The highest BCUT2D eigenvalue weighted by Crippen LogP contribution is 2.32. The Kier molecular flexibility index (Phi) is 7.48. The third-order valence-electron chi connectivity index (χ3n) is 3.23. The first-order chi connectivity index (χ1) is 10.7. The van der Waals surface area contributed by atoms with Crippen LogP contribution in [-0.2, 0) is 0 Å². The quantitative estimate of drug-likeness (QED) is 0.458. The summed E-state index contributed by atoms with van der Waals surface area (Å²) in [7, 11) is 0. The fraction of sp³-hybridized carbons (Fsp3) is 0.211. The SMILES string of the molecule is C=CCN(CC=C)c1cccc(C=O)c1N(CC=C)CC=C. The Morgan fingerprint density at radius 3 is 1.77 bits per heavy atom. The van der Waals surface area contributed by atoms with Crippen molar-refractivity contribution in [2.45, 2.75) is 0 Å². The summed E-state index contributed by atoms with van der Waals surface area (Å²) in [5.41, 5.74) is 2.52. The average Bonchev–Trinajstić information content (AvgIpc) is 2.53. The van der Waals surface area contributed by atoms with Gasteiger partial charge in [0.15, 0.2) is 6.29 Å². The van der Waals surface area contributed by atoms with Crippen molar-refractivity contribution in [2.24, 2.45) is 0 Å². The number of aldehydes is 1. The Morgan fingerprint density at radius 1 is 0.818 bits per heavy atom. The van der Waals surface area contributed by atoms with Crippen molar-refractivity contribution < 1.29 is 4.79 Å². The summed E-state index contributed by atoms with van der Waals surface area (Å²) in [6.07, 6.45) is 8.21. The molecular weight excluding hydrogens is 272 g/mol. The van der Waals surface area contributed by atoms with E-state index >= 15 is 0 Å². The standard InChI is InChI=1S/C19H24N2O/c1-5-12-20(13-6-2)18-11-9-10-17(16-22)19(18)21(14-7-3)15-8-4/h5-11,16H,1-4,12-15H2. The first-order valence-electron chi connectivity index (χ1n) is 7.25. The van der Waals surface area contributed by atoms with Crippen LogP contribution >= 0.6 is 0 Å². The molecule has 0 spiro atoms. The molecule has 0 N–H and O–H groups in total. The van der Waals surface area contributed by atoms with Crippen molar-refractivity contribution in [2.75, 3.05) is 36.0 Å². The molecule has 0 fully saturated rings. The molecule has 0 heterocycles. The van der Waals surface area contributed by atoms with Crippen LogP contribution in [0.25, 0.3) is 0 Å². The van der Waals surface area contributed by atoms with Gasteiger partial charge in [-0.05, 0) is 12.1 Å². The van der Waals surface area contributed by atoms with Gasteiger partial charge in [-0.2, -0.15) is 0 Å². The lowest BCUT2D eigenvalue weighted by molar-refractivity contribution is 0.112. The monoisotopic (exact) mass is 296 g/mol. The number of hydrogen-bond acceptors (Lipinski definition) is 3. The maximum atomic E-state index is 11.5. The molecule has 3 heteroatoms. The van der Waals surface area contributed by atoms with Gasteiger partial charge in [0.1, 0.15) is 0 Å². The van der Waals surface area contributed by atoms with Crippen LogP contribution in [0.15, 0.2) is 68.8 Å². The molecule has 0 atom stereocenters. The third kappa shape index (κ3) is 4.22. The van der Waals surface area contributed by atoms with Crippen molar-refractivity contribution in [3.05, 3.63) is 74.4 Å². The summed E-state index contributed by atoms with van der Waals surface area (Å²) < 4.78 is 0. The van der Waals surface area contributed by atoms with Crippen molar-refractivity contribution in [1.82, 2.24) is 0 Å². The molecule has 3 nitrogen and oxygen atoms in total. The minimum absolute atomic E-state index is 0.639. The zero-order chi connectivity index (χ0) is 16.4. The van der Waals surface area contributed by atoms with Gasteiger partial charge in [-0.1, -0.05) is 30.4 Å². The van der Waals surface area contributed by atoms with Gasteiger partial charge in [0, 0.05) is 31.7 Å². The number of hydrogen-bond donors (Lipinski definition) is 0. The Balaban J connectivity index is 3.44. The zero-order valence-corrected chi connectivity index (χ0v) is 13.1. The van der Waals surface area contributed by atoms with Gasteiger partial charge in [0.2, 0.25) is 0 Å². The fourth-order valence-corrected chi connectivity index (χ4v) is 2.40. The van der Waals surface area contributed by atoms with Crippen LogP contribution in [0, 0.1) is 0 Å². The highest BCUT2D eigenvalue weighted by atomic mass is 16.1. The Labute approximate surface area is 133 Å². The second-order valence-electron chi connectivity index (χ2n) is 4.80. The predicted molar refractivity (Wildman–Crippen MR) is 97.0 cm³/mol. The summed E-state index contributed by atoms with van der Waals surface area (Å²) in [4.78, 5) is 15.7. The van der Waals surface area contributed by atoms with E-state index in [1.807, 2.05) is 42.5 Å². The number of carbonyl (C=O) groups is 1. The van der Waals surface area contributed by atoms with E-state index < -0.39 is 0 Å². The average molecular weight is 296 g/mol. The highest BCUT2D eigenvalue weighted by Gasteiger charge is 2.17. The smallest absolute Gasteiger partial charge is 0.152 e. The van der Waals surface area contributed by atoms with E-state index in [1.165, 1.54) is 0 Å². The lowest BCUT2D eigenvalue weighted by Crippen LogP contribution is -2.30. The molecule has 0 aliphatic heterocycles. The summed E-state index contributed by atoms with van der Waals surface area (Å²) in [5.74, 6) is 0. The van der Waals surface area contributed by atoms with Crippen molar-refractivity contribution in [1.29, 1.82) is 0 Å². The van der Waals surface area contributed by atoms with E-state index in [0.717, 1.165) is 17.7 Å². The second kappa shape index (κ2) is 9.40. The van der Waals surface area contributed by atoms with E-state index in [2.05, 4.69) is 36.1 Å². The van der Waals surface area contributed by atoms with E-state index in [-0.39, 0.29) is 0 Å². The van der Waals surface area contributed by atoms with Gasteiger partial charge in [-0.3, -0.25) is 4.79 Å². The minimum Gasteiger partial charge on any atom is -0.362 e. The van der Waals surface area contributed by atoms with Crippen LogP contribution in [0.4, 0.5) is 11.4 Å². The lowest BCUT2D eigenvalue weighted by atomic mass is 10.1. The van der Waals surface area contributed by atoms with Crippen LogP contribution < -0.4 is 9.80 Å². The summed E-state index contributed by atoms with van der Waals surface area (Å²) in [5, 5.41) is 0. The Morgan fingerprint density at radius 2 is 1.32 bits per heavy atom. The molecule has 1 aromatic rings. The number of carbonyl (C=O) groups excluding carboxylic acids is 1. The molecule has 0 aliphatic carbocycles. The molecule has 0 saturated heterocycles. The summed E-state index contributed by atoms with van der Waals surface area (Å²) in [6.45, 7) is 17.8. The molecule has 1 aromatic carbocycles. The summed E-state index contributed by atoms with van der Waals surface area (Å²) >= 11 is 0. The van der Waals surface area contributed by atoms with Gasteiger partial charge in [-0.25, -0.2) is 0 Å². The second-order valence-corrected chi connectivity index (χ2v) is 4.80. The van der Waals surface area contributed by atoms with Crippen LogP contribution in [0.1, 0.15) is 10.4 Å². The van der Waals surface area contributed by atoms with E-state index in [9.17, 15) is 4.79 Å². The van der Waals surface area contributed by atoms with Crippen molar-refractivity contribution >= 4 is 17.7 Å². The van der Waals surface area contributed by atoms with Gasteiger partial charge in [0.25, 0.3) is 0 Å². The van der Waals surface area contributed by atoms with E-state index in [1.54, 1.807) is 0 Å². The Bertz CT molecular complexity index is 528. The predicted octanol–water partition coefficient (Wildman–Crippen LogP) is 3.86. The van der Waals surface area contributed by atoms with Crippen molar-refractivity contribution in [3.8, 4) is 0 Å². The molecule has 0 aliphatic rings. The molecule has 0 unspecified atom stereocenters. The first-order valence-corrected chi connectivity index (χ1v) is 7.25. The maximum Gasteiger partial charge on any atom is 0.152 e. The first kappa shape index (κ1) is 17.5. The number of benzene rings is 1. The fourth-order valence-electron chi connectivity index (χ4n) is 2.40. The van der Waals surface area contributed by atoms with Gasteiger partial charge >= 0.3 is 0 Å². The van der Waals surface area contributed by atoms with E-state index in [0.29, 0.717) is 31.7 Å². The van der Waals surface area contributed by atoms with Gasteiger partial charge in [-0.15, -0.1) is 26.3 Å². The molecule has 116 valence electrons. The number of rotatable bonds is 11. The van der Waals surface area contributed by atoms with Crippen LogP contribution in [0.2, 0.25) is 0 Å². The largest absolute Gasteiger partial charge is 0.362 e. The van der Waals surface area contributed by atoms with Crippen LogP contribution in [0.5, 0.6) is 0 Å². The molecule has 0 bridgehead atoms. The van der Waals surface area contributed by atoms with Crippen LogP contribution in [-0.4, -0.2) is 32.5 Å². The topological polar surface area (TPSA) is 23.6 Å². The van der Waals surface area contributed by atoms with E-state index in [4.69, 9.17) is 0 Å². The minimum atomic E-state index is 0.639. The molecule has 0 aromatic heterocycles. The molecular formula is C19H24N2O. The lowest BCUT2D eigenvalue weighted by Gasteiger charge is -2.31. The van der Waals surface area contributed by atoms with Crippen LogP contribution in [0.3, 0.4) is 0 Å². The summed E-state index contributed by atoms with van der Waals surface area (Å²) in [6, 6.07) is 5.72. The highest BCUT2D eigenvalue weighted by molar-refractivity contribution is 5.91. The number of anilines is 2. The normalized spacial score (nSPS) is 9.64. The number of para-hydroxylation sites is 1. The molecule has 0 saturated carbocycles.